The van der Waals surface area contributed by atoms with E-state index in [1.165, 1.54) is 30.5 Å². The second kappa shape index (κ2) is 11.0. The Morgan fingerprint density at radius 2 is 1.80 bits per heavy atom. The highest BCUT2D eigenvalue weighted by Gasteiger charge is 2.31. The lowest BCUT2D eigenvalue weighted by atomic mass is 10.2. The Morgan fingerprint density at radius 1 is 1.14 bits per heavy atom. The fraction of sp³-hybridized carbons (Fsp3) is 0.417. The van der Waals surface area contributed by atoms with Crippen molar-refractivity contribution < 1.29 is 26.7 Å². The van der Waals surface area contributed by atoms with Gasteiger partial charge in [-0.2, -0.15) is 5.10 Å². The summed E-state index contributed by atoms with van der Waals surface area (Å²) in [6.45, 7) is 6.11. The number of benzene rings is 1. The molecule has 1 fully saturated rings. The van der Waals surface area contributed by atoms with E-state index in [2.05, 4.69) is 14.7 Å². The maximum atomic E-state index is 12.5. The van der Waals surface area contributed by atoms with Crippen LogP contribution in [0.15, 0.2) is 48.8 Å². The Hall–Kier alpha value is -3.21. The van der Waals surface area contributed by atoms with Gasteiger partial charge in [-0.05, 0) is 70.0 Å². The van der Waals surface area contributed by atoms with Gasteiger partial charge in [0.2, 0.25) is 10.0 Å². The van der Waals surface area contributed by atoms with Gasteiger partial charge in [-0.1, -0.05) is 0 Å². The molecule has 190 valence electrons. The van der Waals surface area contributed by atoms with Crippen LogP contribution in [0.1, 0.15) is 44.0 Å². The lowest BCUT2D eigenvalue weighted by molar-refractivity contribution is 0.0982. The highest BCUT2D eigenvalue weighted by molar-refractivity contribution is 7.91. The molecule has 0 radical (unpaired) electrons. The number of rotatable bonds is 6. The summed E-state index contributed by atoms with van der Waals surface area (Å²) in [6, 6.07) is 9.31. The molecular weight excluding hydrogens is 478 g/mol. The van der Waals surface area contributed by atoms with E-state index >= 15 is 0 Å². The Bertz CT molecular complexity index is 1250. The van der Waals surface area contributed by atoms with Crippen LogP contribution < -0.4 is 14.4 Å². The number of nitrogens with one attached hydrogen (secondary N) is 1. The van der Waals surface area contributed by atoms with Crippen LogP contribution in [0.5, 0.6) is 5.75 Å². The number of pyridine rings is 1. The SMILES string of the molecule is CC(C)(C)S(=O)(=O)NC(=O)c1cnn2ccc(N3CCCC3)cc12.FCCOc1ccc(F)cc1. The van der Waals surface area contributed by atoms with Crippen molar-refractivity contribution in [1.82, 2.24) is 14.3 Å². The van der Waals surface area contributed by atoms with Gasteiger partial charge in [0.1, 0.15) is 24.8 Å². The minimum Gasteiger partial charge on any atom is -0.491 e. The van der Waals surface area contributed by atoms with Gasteiger partial charge in [0.05, 0.1) is 22.0 Å². The topological polar surface area (TPSA) is 93.0 Å². The van der Waals surface area contributed by atoms with E-state index in [4.69, 9.17) is 4.74 Å². The van der Waals surface area contributed by atoms with E-state index < -0.39 is 27.4 Å². The first-order chi connectivity index (χ1) is 16.5. The zero-order chi connectivity index (χ0) is 25.6. The predicted molar refractivity (Wildman–Crippen MR) is 131 cm³/mol. The first-order valence-electron chi connectivity index (χ1n) is 11.3. The smallest absolute Gasteiger partial charge is 0.268 e. The van der Waals surface area contributed by atoms with Crippen molar-refractivity contribution in [3.8, 4) is 5.75 Å². The van der Waals surface area contributed by atoms with Crippen molar-refractivity contribution >= 4 is 27.1 Å². The van der Waals surface area contributed by atoms with Gasteiger partial charge < -0.3 is 9.64 Å². The third kappa shape index (κ3) is 6.68. The van der Waals surface area contributed by atoms with Crippen LogP contribution in [0.25, 0.3) is 5.52 Å². The van der Waals surface area contributed by atoms with Gasteiger partial charge >= 0.3 is 0 Å². The largest absolute Gasteiger partial charge is 0.491 e. The fourth-order valence-corrected chi connectivity index (χ4v) is 3.99. The van der Waals surface area contributed by atoms with Crippen LogP contribution in [0.4, 0.5) is 14.5 Å². The second-order valence-corrected chi connectivity index (χ2v) is 11.4. The highest BCUT2D eigenvalue weighted by atomic mass is 32.2. The average Bonchev–Trinajstić information content (AvgIpc) is 3.48. The van der Waals surface area contributed by atoms with Crippen molar-refractivity contribution in [1.29, 1.82) is 0 Å². The number of halogens is 2. The predicted octanol–water partition coefficient (Wildman–Crippen LogP) is 3.97. The van der Waals surface area contributed by atoms with E-state index in [0.717, 1.165) is 31.6 Å². The molecule has 0 atom stereocenters. The molecular formula is C24H30F2N4O4S. The van der Waals surface area contributed by atoms with Gasteiger partial charge in [-0.25, -0.2) is 26.4 Å². The number of hydrogen-bond acceptors (Lipinski definition) is 6. The standard InChI is InChI=1S/C16H22N4O3S.C8H8F2O/c1-16(2,3)24(22,23)18-15(21)13-11-17-20-9-6-12(10-14(13)20)19-7-4-5-8-19;9-5-6-11-8-3-1-7(10)2-4-8/h6,9-11H,4-5,7-8H2,1-3H3,(H,18,21);1-4H,5-6H2. The third-order valence-electron chi connectivity index (χ3n) is 5.41. The van der Waals surface area contributed by atoms with Crippen LogP contribution in [-0.2, 0) is 10.0 Å². The summed E-state index contributed by atoms with van der Waals surface area (Å²) in [5.41, 5.74) is 1.87. The Kier molecular flexibility index (Phi) is 8.31. The fourth-order valence-electron chi connectivity index (χ4n) is 3.33. The molecule has 8 nitrogen and oxygen atoms in total. The average molecular weight is 509 g/mol. The number of aromatic nitrogens is 2. The van der Waals surface area contributed by atoms with Crippen molar-refractivity contribution in [3.63, 3.8) is 0 Å². The lowest BCUT2D eigenvalue weighted by Crippen LogP contribution is -2.42. The minimum absolute atomic E-state index is 0.0195. The van der Waals surface area contributed by atoms with Crippen molar-refractivity contribution in [2.45, 2.75) is 38.4 Å². The Labute approximate surface area is 203 Å². The monoisotopic (exact) mass is 508 g/mol. The van der Waals surface area contributed by atoms with E-state index in [9.17, 15) is 22.0 Å². The summed E-state index contributed by atoms with van der Waals surface area (Å²) in [5, 5.41) is 4.14. The zero-order valence-corrected chi connectivity index (χ0v) is 20.8. The van der Waals surface area contributed by atoms with E-state index in [1.807, 2.05) is 12.1 Å². The summed E-state index contributed by atoms with van der Waals surface area (Å²) in [7, 11) is -3.76. The van der Waals surface area contributed by atoms with Gasteiger partial charge in [0, 0.05) is 25.0 Å². The highest BCUT2D eigenvalue weighted by Crippen LogP contribution is 2.23. The maximum Gasteiger partial charge on any atom is 0.268 e. The van der Waals surface area contributed by atoms with Crippen LogP contribution in [-0.4, -0.2) is 55.1 Å². The summed E-state index contributed by atoms with van der Waals surface area (Å²) in [4.78, 5) is 14.7. The molecule has 1 amide bonds. The van der Waals surface area contributed by atoms with Crippen LogP contribution >= 0.6 is 0 Å². The summed E-state index contributed by atoms with van der Waals surface area (Å²) < 4.78 is 55.8. The van der Waals surface area contributed by atoms with Crippen LogP contribution in [0.2, 0.25) is 0 Å². The zero-order valence-electron chi connectivity index (χ0n) is 20.0. The van der Waals surface area contributed by atoms with Gasteiger partial charge in [0.15, 0.2) is 0 Å². The molecule has 1 N–H and O–H groups in total. The summed E-state index contributed by atoms with van der Waals surface area (Å²) in [5.74, 6) is -0.486. The number of carbonyl (C=O) groups is 1. The second-order valence-electron chi connectivity index (χ2n) is 9.01. The number of anilines is 1. The maximum absolute atomic E-state index is 12.5. The number of hydrogen-bond donors (Lipinski definition) is 1. The van der Waals surface area contributed by atoms with Crippen molar-refractivity contribution in [2.75, 3.05) is 31.3 Å². The van der Waals surface area contributed by atoms with Gasteiger partial charge in [0.25, 0.3) is 5.91 Å². The molecule has 0 bridgehead atoms. The van der Waals surface area contributed by atoms with Crippen molar-refractivity contribution in [3.05, 3.63) is 60.2 Å². The van der Waals surface area contributed by atoms with Gasteiger partial charge in [-0.15, -0.1) is 0 Å². The Balaban J connectivity index is 0.000000261. The quantitative estimate of drug-likeness (QED) is 0.542. The molecule has 1 aliphatic rings. The third-order valence-corrected chi connectivity index (χ3v) is 7.48. The molecule has 0 unspecified atom stereocenters. The molecule has 1 aliphatic heterocycles. The molecule has 3 aromatic rings. The number of sulfonamides is 1. The first-order valence-corrected chi connectivity index (χ1v) is 12.7. The van der Waals surface area contributed by atoms with E-state index in [1.54, 1.807) is 31.5 Å². The molecule has 1 aromatic carbocycles. The summed E-state index contributed by atoms with van der Waals surface area (Å²) in [6.07, 6.45) is 5.50. The normalized spacial score (nSPS) is 13.9. The molecule has 1 saturated heterocycles. The molecule has 35 heavy (non-hydrogen) atoms. The van der Waals surface area contributed by atoms with Crippen LogP contribution in [0, 0.1) is 5.82 Å². The number of fused-ring (bicyclic) bond motifs is 1. The molecule has 0 spiro atoms. The van der Waals surface area contributed by atoms with E-state index in [-0.39, 0.29) is 18.0 Å². The molecule has 11 heteroatoms. The molecule has 3 heterocycles. The summed E-state index contributed by atoms with van der Waals surface area (Å²) >= 11 is 0. The van der Waals surface area contributed by atoms with Crippen LogP contribution in [0.3, 0.4) is 0 Å². The van der Waals surface area contributed by atoms with Gasteiger partial charge in [-0.3, -0.25) is 4.79 Å². The molecule has 0 saturated carbocycles. The molecule has 0 aliphatic carbocycles. The minimum atomic E-state index is -3.76. The molecule has 2 aromatic heterocycles. The number of nitrogens with zero attached hydrogens (tertiary/aromatic N) is 3. The number of carbonyl (C=O) groups excluding carboxylic acids is 1. The number of alkyl halides is 1. The first kappa shape index (κ1) is 26.4. The number of amides is 1. The number of ether oxygens (including phenoxy) is 1. The molecule has 4 rings (SSSR count). The lowest BCUT2D eigenvalue weighted by Gasteiger charge is -2.19. The van der Waals surface area contributed by atoms with E-state index in [0.29, 0.717) is 11.3 Å². The Morgan fingerprint density at radius 3 is 2.40 bits per heavy atom. The van der Waals surface area contributed by atoms with Crippen molar-refractivity contribution in [2.24, 2.45) is 0 Å².